The molecule has 226 valence electrons. The third-order valence-corrected chi connectivity index (χ3v) is 9.55. The number of pyridine rings is 2. The van der Waals surface area contributed by atoms with Gasteiger partial charge in [-0.1, -0.05) is 97.6 Å². The topological polar surface area (TPSA) is 83.0 Å². The van der Waals surface area contributed by atoms with Gasteiger partial charge in [-0.15, -0.1) is 0 Å². The summed E-state index contributed by atoms with van der Waals surface area (Å²) in [5.41, 5.74) is 2.43. The molecule has 0 saturated carbocycles. The van der Waals surface area contributed by atoms with Crippen molar-refractivity contribution in [1.82, 2.24) is 25.2 Å². The molecule has 2 aromatic carbocycles. The number of nitrogens with one attached hydrogen (secondary N) is 2. The molecule has 10 heteroatoms. The number of nitrogens with zero attached hydrogens (tertiary/aromatic N) is 4. The molecule has 1 amide bonds. The number of anilines is 2. The molecule has 5 rings (SSSR count). The predicted molar refractivity (Wildman–Crippen MR) is 176 cm³/mol. The molecule has 5 aromatic rings. The van der Waals surface area contributed by atoms with E-state index in [0.717, 1.165) is 34.0 Å². The number of thiazole rings is 1. The van der Waals surface area contributed by atoms with Crippen LogP contribution in [0, 0.1) is 12.7 Å². The van der Waals surface area contributed by atoms with Gasteiger partial charge in [0.1, 0.15) is 5.82 Å². The minimum Gasteiger partial charge on any atom is -0.349 e. The van der Waals surface area contributed by atoms with Crippen LogP contribution in [0.1, 0.15) is 41.0 Å². The van der Waals surface area contributed by atoms with Gasteiger partial charge >= 0.3 is 0 Å². The van der Waals surface area contributed by atoms with Gasteiger partial charge < -0.3 is 15.5 Å². The monoisotopic (exact) mass is 626 g/mol. The Morgan fingerprint density at radius 3 is 2.23 bits per heavy atom. The molecule has 0 aliphatic carbocycles. The molecular formula is C34H35FN6OS2. The zero-order valence-corrected chi connectivity index (χ0v) is 26.6. The van der Waals surface area contributed by atoms with E-state index in [-0.39, 0.29) is 12.2 Å². The number of rotatable bonds is 13. The summed E-state index contributed by atoms with van der Waals surface area (Å²) >= 11 is 2.58. The lowest BCUT2D eigenvalue weighted by molar-refractivity contribution is 0.0931. The maximum absolute atomic E-state index is 15.8. The fourth-order valence-corrected chi connectivity index (χ4v) is 6.98. The molecule has 0 saturated heterocycles. The maximum Gasteiger partial charge on any atom is 0.273 e. The summed E-state index contributed by atoms with van der Waals surface area (Å²) in [6, 6.07) is 25.8. The molecule has 7 nitrogen and oxygen atoms in total. The molecule has 0 aliphatic rings. The zero-order chi connectivity index (χ0) is 30.9. The van der Waals surface area contributed by atoms with E-state index in [1.54, 1.807) is 18.5 Å². The SMILES string of the molecule is CCN(CC)CC(CNC(=O)c1nccc(Sc2cnc(Nc3cc(C)ccn3)s2)c1F)(c1ccccc1)c1ccccc1. The fraction of sp³-hybridized carbons (Fsp3) is 0.235. The van der Waals surface area contributed by atoms with Crippen LogP contribution in [-0.4, -0.2) is 51.9 Å². The summed E-state index contributed by atoms with van der Waals surface area (Å²) in [7, 11) is 0. The van der Waals surface area contributed by atoms with Gasteiger partial charge in [0.25, 0.3) is 5.91 Å². The van der Waals surface area contributed by atoms with Crippen LogP contribution in [0.4, 0.5) is 15.3 Å². The summed E-state index contributed by atoms with van der Waals surface area (Å²) < 4.78 is 16.6. The van der Waals surface area contributed by atoms with Crippen LogP contribution in [0.3, 0.4) is 0 Å². The second kappa shape index (κ2) is 14.6. The number of carbonyl (C=O) groups excluding carboxylic acids is 1. The van der Waals surface area contributed by atoms with E-state index in [4.69, 9.17) is 0 Å². The Labute approximate surface area is 266 Å². The van der Waals surface area contributed by atoms with E-state index >= 15 is 4.39 Å². The van der Waals surface area contributed by atoms with Gasteiger partial charge in [-0.25, -0.2) is 19.3 Å². The number of carbonyl (C=O) groups is 1. The minimum absolute atomic E-state index is 0.236. The van der Waals surface area contributed by atoms with Gasteiger partial charge in [-0.2, -0.15) is 0 Å². The van der Waals surface area contributed by atoms with Crippen molar-refractivity contribution in [2.75, 3.05) is 31.5 Å². The molecule has 0 unspecified atom stereocenters. The Balaban J connectivity index is 1.37. The first kappa shape index (κ1) is 31.3. The minimum atomic E-state index is -0.660. The van der Waals surface area contributed by atoms with Crippen LogP contribution in [0.5, 0.6) is 0 Å². The molecule has 0 aliphatic heterocycles. The molecular weight excluding hydrogens is 592 g/mol. The number of aromatic nitrogens is 3. The van der Waals surface area contributed by atoms with Gasteiger partial charge in [0, 0.05) is 25.5 Å². The number of hydrogen-bond acceptors (Lipinski definition) is 8. The van der Waals surface area contributed by atoms with E-state index in [9.17, 15) is 4.79 Å². The summed E-state index contributed by atoms with van der Waals surface area (Å²) in [6.45, 7) is 8.92. The van der Waals surface area contributed by atoms with Gasteiger partial charge in [-0.3, -0.25) is 4.79 Å². The maximum atomic E-state index is 15.8. The highest BCUT2D eigenvalue weighted by molar-refractivity contribution is 8.01. The highest BCUT2D eigenvalue weighted by atomic mass is 32.2. The smallest absolute Gasteiger partial charge is 0.273 e. The molecule has 0 bridgehead atoms. The zero-order valence-electron chi connectivity index (χ0n) is 25.0. The van der Waals surface area contributed by atoms with E-state index < -0.39 is 17.1 Å². The lowest BCUT2D eigenvalue weighted by Gasteiger charge is -2.39. The van der Waals surface area contributed by atoms with Crippen LogP contribution in [0.2, 0.25) is 0 Å². The lowest BCUT2D eigenvalue weighted by Crippen LogP contribution is -2.49. The Hall–Kier alpha value is -4.12. The van der Waals surface area contributed by atoms with Crippen LogP contribution < -0.4 is 10.6 Å². The average Bonchev–Trinajstić information content (AvgIpc) is 3.49. The van der Waals surface area contributed by atoms with Crippen molar-refractivity contribution in [3.05, 3.63) is 126 Å². The highest BCUT2D eigenvalue weighted by Gasteiger charge is 2.36. The van der Waals surface area contributed by atoms with Gasteiger partial charge in [0.2, 0.25) is 0 Å². The summed E-state index contributed by atoms with van der Waals surface area (Å²) in [4.78, 5) is 29.1. The quantitative estimate of drug-likeness (QED) is 0.142. The van der Waals surface area contributed by atoms with Crippen LogP contribution in [0.15, 0.2) is 107 Å². The fourth-order valence-electron chi connectivity index (χ4n) is 5.12. The highest BCUT2D eigenvalue weighted by Crippen LogP contribution is 2.37. The first-order chi connectivity index (χ1) is 21.4. The molecule has 2 N–H and O–H groups in total. The molecule has 0 atom stereocenters. The Bertz CT molecular complexity index is 1640. The number of aryl methyl sites for hydroxylation is 1. The number of benzene rings is 2. The normalized spacial score (nSPS) is 11.5. The van der Waals surface area contributed by atoms with E-state index in [2.05, 4.69) is 68.6 Å². The predicted octanol–water partition coefficient (Wildman–Crippen LogP) is 7.33. The van der Waals surface area contributed by atoms with E-state index in [1.807, 2.05) is 55.5 Å². The molecule has 0 fully saturated rings. The Kier molecular flexibility index (Phi) is 10.4. The lowest BCUT2D eigenvalue weighted by atomic mass is 9.73. The van der Waals surface area contributed by atoms with Crippen molar-refractivity contribution in [3.8, 4) is 0 Å². The van der Waals surface area contributed by atoms with Crippen molar-refractivity contribution in [3.63, 3.8) is 0 Å². The van der Waals surface area contributed by atoms with Crippen LogP contribution in [0.25, 0.3) is 0 Å². The first-order valence-electron chi connectivity index (χ1n) is 14.5. The summed E-state index contributed by atoms with van der Waals surface area (Å²) in [5, 5.41) is 6.88. The standard InChI is InChI=1S/C34H35FN6OS2/c1-4-41(5-2)23-34(25-12-8-6-9-13-25,26-14-10-7-11-15-26)22-39-32(42)31-30(35)27(17-19-37-31)43-29-21-38-33(44-29)40-28-20-24(3)16-18-36-28/h6-21H,4-5,22-23H2,1-3H3,(H,39,42)(H,36,38,40). The van der Waals surface area contributed by atoms with Crippen molar-refractivity contribution < 1.29 is 9.18 Å². The van der Waals surface area contributed by atoms with Crippen LogP contribution >= 0.6 is 23.1 Å². The largest absolute Gasteiger partial charge is 0.349 e. The number of halogens is 1. The molecule has 3 heterocycles. The van der Waals surface area contributed by atoms with Crippen molar-refractivity contribution in [1.29, 1.82) is 0 Å². The summed E-state index contributed by atoms with van der Waals surface area (Å²) in [6.07, 6.45) is 4.87. The number of amides is 1. The molecule has 0 radical (unpaired) electrons. The molecule has 0 spiro atoms. The Morgan fingerprint density at radius 1 is 0.932 bits per heavy atom. The van der Waals surface area contributed by atoms with E-state index in [1.165, 1.54) is 29.3 Å². The third kappa shape index (κ3) is 7.32. The van der Waals surface area contributed by atoms with E-state index in [0.29, 0.717) is 22.4 Å². The average molecular weight is 627 g/mol. The van der Waals surface area contributed by atoms with Crippen LogP contribution in [-0.2, 0) is 5.41 Å². The summed E-state index contributed by atoms with van der Waals surface area (Å²) in [5.74, 6) is -0.530. The Morgan fingerprint density at radius 2 is 1.59 bits per heavy atom. The van der Waals surface area contributed by atoms with Gasteiger partial charge in [0.15, 0.2) is 16.6 Å². The molecule has 44 heavy (non-hydrogen) atoms. The second-order valence-corrected chi connectivity index (χ2v) is 12.7. The third-order valence-electron chi connectivity index (χ3n) is 7.51. The van der Waals surface area contributed by atoms with Gasteiger partial charge in [-0.05, 0) is 54.9 Å². The number of hydrogen-bond donors (Lipinski definition) is 2. The van der Waals surface area contributed by atoms with Crippen molar-refractivity contribution >= 4 is 40.0 Å². The second-order valence-electron chi connectivity index (χ2n) is 10.4. The first-order valence-corrected chi connectivity index (χ1v) is 16.1. The molecule has 3 aromatic heterocycles. The van der Waals surface area contributed by atoms with Gasteiger partial charge in [0.05, 0.1) is 20.7 Å². The van der Waals surface area contributed by atoms with Crippen molar-refractivity contribution in [2.45, 2.75) is 35.3 Å². The van der Waals surface area contributed by atoms with Crippen molar-refractivity contribution in [2.24, 2.45) is 0 Å². The number of likely N-dealkylation sites (N-methyl/N-ethyl adjacent to an activating group) is 1.